The molecule has 0 radical (unpaired) electrons. The molecule has 5 heteroatoms. The molecule has 1 aliphatic carbocycles. The Hall–Kier alpha value is -1.13. The molecule has 1 fully saturated rings. The first-order valence-electron chi connectivity index (χ1n) is 6.26. The van der Waals surface area contributed by atoms with Gasteiger partial charge in [0.2, 0.25) is 5.75 Å². The van der Waals surface area contributed by atoms with E-state index < -0.39 is 0 Å². The van der Waals surface area contributed by atoms with E-state index in [1.807, 2.05) is 6.92 Å². The van der Waals surface area contributed by atoms with E-state index in [-0.39, 0.29) is 11.5 Å². The van der Waals surface area contributed by atoms with Crippen molar-refractivity contribution in [3.63, 3.8) is 0 Å². The lowest BCUT2D eigenvalue weighted by Gasteiger charge is -2.26. The standard InChI is InChI=1S/C14H20ClNO3/c1-8(16)14(5-6-14)11-9(15)7-10(17-2)12(18-3)13(11)19-4/h7-8H,5-6,16H2,1-4H3. The summed E-state index contributed by atoms with van der Waals surface area (Å²) in [4.78, 5) is 0. The van der Waals surface area contributed by atoms with Crippen LogP contribution in [0.3, 0.4) is 0 Å². The minimum atomic E-state index is -0.109. The van der Waals surface area contributed by atoms with Gasteiger partial charge in [0.25, 0.3) is 0 Å². The summed E-state index contributed by atoms with van der Waals surface area (Å²) in [6.07, 6.45) is 2.02. The fraction of sp³-hybridized carbons (Fsp3) is 0.571. The Balaban J connectivity index is 2.67. The Bertz CT molecular complexity index is 484. The molecule has 0 bridgehead atoms. The minimum Gasteiger partial charge on any atom is -0.493 e. The highest BCUT2D eigenvalue weighted by molar-refractivity contribution is 6.32. The Morgan fingerprint density at radius 1 is 1.16 bits per heavy atom. The molecule has 1 atom stereocenters. The first-order chi connectivity index (χ1) is 9.01. The van der Waals surface area contributed by atoms with Crippen LogP contribution in [0.5, 0.6) is 17.2 Å². The van der Waals surface area contributed by atoms with Crippen LogP contribution in [0.15, 0.2) is 6.07 Å². The van der Waals surface area contributed by atoms with Crippen molar-refractivity contribution in [1.29, 1.82) is 0 Å². The van der Waals surface area contributed by atoms with E-state index in [1.165, 1.54) is 0 Å². The third-order valence-corrected chi connectivity index (χ3v) is 4.24. The Morgan fingerprint density at radius 3 is 2.11 bits per heavy atom. The maximum absolute atomic E-state index is 6.42. The lowest BCUT2D eigenvalue weighted by molar-refractivity contribution is 0.319. The van der Waals surface area contributed by atoms with Gasteiger partial charge in [-0.15, -0.1) is 0 Å². The molecule has 1 saturated carbocycles. The van der Waals surface area contributed by atoms with Gasteiger partial charge in [-0.2, -0.15) is 0 Å². The van der Waals surface area contributed by atoms with Crippen LogP contribution in [0, 0.1) is 0 Å². The zero-order valence-corrected chi connectivity index (χ0v) is 12.5. The Labute approximate surface area is 118 Å². The molecule has 2 rings (SSSR count). The summed E-state index contributed by atoms with van der Waals surface area (Å²) in [6, 6.07) is 1.78. The van der Waals surface area contributed by atoms with Gasteiger partial charge >= 0.3 is 0 Å². The van der Waals surface area contributed by atoms with Gasteiger partial charge in [0.1, 0.15) is 0 Å². The number of ether oxygens (including phenoxy) is 3. The zero-order chi connectivity index (χ0) is 14.2. The normalized spacial score (nSPS) is 17.8. The number of hydrogen-bond acceptors (Lipinski definition) is 4. The van der Waals surface area contributed by atoms with Crippen LogP contribution < -0.4 is 19.9 Å². The average Bonchev–Trinajstić information content (AvgIpc) is 3.18. The van der Waals surface area contributed by atoms with Gasteiger partial charge in [-0.3, -0.25) is 0 Å². The van der Waals surface area contributed by atoms with E-state index in [2.05, 4.69) is 0 Å². The number of benzene rings is 1. The number of halogens is 1. The van der Waals surface area contributed by atoms with Gasteiger partial charge in [-0.25, -0.2) is 0 Å². The minimum absolute atomic E-state index is 0.0111. The van der Waals surface area contributed by atoms with Gasteiger partial charge in [0.15, 0.2) is 11.5 Å². The quantitative estimate of drug-likeness (QED) is 0.904. The predicted octanol–water partition coefficient (Wildman–Crippen LogP) is 2.74. The molecule has 0 amide bonds. The van der Waals surface area contributed by atoms with Crippen molar-refractivity contribution >= 4 is 11.6 Å². The monoisotopic (exact) mass is 285 g/mol. The smallest absolute Gasteiger partial charge is 0.203 e. The van der Waals surface area contributed by atoms with Gasteiger partial charge in [0.05, 0.1) is 26.4 Å². The van der Waals surface area contributed by atoms with Crippen LogP contribution in [0.4, 0.5) is 0 Å². The molecule has 19 heavy (non-hydrogen) atoms. The first kappa shape index (κ1) is 14.3. The highest BCUT2D eigenvalue weighted by atomic mass is 35.5. The van der Waals surface area contributed by atoms with Crippen LogP contribution in [0.1, 0.15) is 25.3 Å². The highest BCUT2D eigenvalue weighted by Gasteiger charge is 2.51. The van der Waals surface area contributed by atoms with Crippen LogP contribution >= 0.6 is 11.6 Å². The first-order valence-corrected chi connectivity index (χ1v) is 6.64. The third kappa shape index (κ3) is 2.13. The van der Waals surface area contributed by atoms with E-state index in [0.717, 1.165) is 18.4 Å². The average molecular weight is 286 g/mol. The maximum Gasteiger partial charge on any atom is 0.203 e. The second-order valence-electron chi connectivity index (χ2n) is 4.95. The molecule has 1 aliphatic rings. The zero-order valence-electron chi connectivity index (χ0n) is 11.7. The summed E-state index contributed by atoms with van der Waals surface area (Å²) >= 11 is 6.42. The largest absolute Gasteiger partial charge is 0.493 e. The summed E-state index contributed by atoms with van der Waals surface area (Å²) in [5.41, 5.74) is 6.96. The molecule has 1 aromatic rings. The van der Waals surface area contributed by atoms with Gasteiger partial charge in [-0.1, -0.05) is 11.6 Å². The number of nitrogens with two attached hydrogens (primary N) is 1. The fourth-order valence-corrected chi connectivity index (χ4v) is 3.03. The molecule has 0 aliphatic heterocycles. The molecule has 1 aromatic carbocycles. The van der Waals surface area contributed by atoms with Crippen molar-refractivity contribution in [1.82, 2.24) is 0 Å². The molecular formula is C14H20ClNO3. The van der Waals surface area contributed by atoms with E-state index in [9.17, 15) is 0 Å². The van der Waals surface area contributed by atoms with Crippen LogP contribution in [0.2, 0.25) is 5.02 Å². The van der Waals surface area contributed by atoms with E-state index >= 15 is 0 Å². The fourth-order valence-electron chi connectivity index (χ4n) is 2.66. The summed E-state index contributed by atoms with van der Waals surface area (Å²) in [5.74, 6) is 1.76. The van der Waals surface area contributed by atoms with E-state index in [1.54, 1.807) is 27.4 Å². The molecular weight excluding hydrogens is 266 g/mol. The topological polar surface area (TPSA) is 53.7 Å². The van der Waals surface area contributed by atoms with Crippen molar-refractivity contribution < 1.29 is 14.2 Å². The van der Waals surface area contributed by atoms with Crippen molar-refractivity contribution in [2.24, 2.45) is 5.73 Å². The number of hydrogen-bond donors (Lipinski definition) is 1. The predicted molar refractivity (Wildman–Crippen MR) is 75.7 cm³/mol. The summed E-state index contributed by atoms with van der Waals surface area (Å²) in [5, 5.41) is 0.615. The van der Waals surface area contributed by atoms with E-state index in [4.69, 9.17) is 31.5 Å². The van der Waals surface area contributed by atoms with Crippen molar-refractivity contribution in [2.75, 3.05) is 21.3 Å². The van der Waals surface area contributed by atoms with Gasteiger partial charge < -0.3 is 19.9 Å². The SMILES string of the molecule is COc1cc(Cl)c(C2(C(C)N)CC2)c(OC)c1OC. The van der Waals surface area contributed by atoms with Crippen LogP contribution in [-0.2, 0) is 5.41 Å². The molecule has 2 N–H and O–H groups in total. The molecule has 0 aromatic heterocycles. The molecule has 0 spiro atoms. The second kappa shape index (κ2) is 5.10. The lowest BCUT2D eigenvalue weighted by atomic mass is 9.88. The molecule has 106 valence electrons. The lowest BCUT2D eigenvalue weighted by Crippen LogP contribution is -2.32. The molecule has 0 saturated heterocycles. The Kier molecular flexibility index (Phi) is 3.83. The van der Waals surface area contributed by atoms with Gasteiger partial charge in [0, 0.05) is 23.1 Å². The second-order valence-corrected chi connectivity index (χ2v) is 5.35. The third-order valence-electron chi connectivity index (χ3n) is 3.94. The van der Waals surface area contributed by atoms with E-state index in [0.29, 0.717) is 22.3 Å². The molecule has 0 heterocycles. The van der Waals surface area contributed by atoms with Crippen LogP contribution in [-0.4, -0.2) is 27.4 Å². The molecule has 1 unspecified atom stereocenters. The van der Waals surface area contributed by atoms with Crippen molar-refractivity contribution in [3.8, 4) is 17.2 Å². The van der Waals surface area contributed by atoms with Crippen molar-refractivity contribution in [2.45, 2.75) is 31.2 Å². The molecule has 4 nitrogen and oxygen atoms in total. The maximum atomic E-state index is 6.42. The summed E-state index contributed by atoms with van der Waals surface area (Å²) in [6.45, 7) is 2.00. The highest BCUT2D eigenvalue weighted by Crippen LogP contribution is 2.59. The summed E-state index contributed by atoms with van der Waals surface area (Å²) < 4.78 is 16.2. The summed E-state index contributed by atoms with van der Waals surface area (Å²) in [7, 11) is 4.77. The number of methoxy groups -OCH3 is 3. The van der Waals surface area contributed by atoms with Crippen LogP contribution in [0.25, 0.3) is 0 Å². The van der Waals surface area contributed by atoms with Gasteiger partial charge in [-0.05, 0) is 19.8 Å². The van der Waals surface area contributed by atoms with Crippen molar-refractivity contribution in [3.05, 3.63) is 16.7 Å². The Morgan fingerprint density at radius 2 is 1.74 bits per heavy atom. The number of rotatable bonds is 5.